The highest BCUT2D eigenvalue weighted by atomic mass is 16.5. The summed E-state index contributed by atoms with van der Waals surface area (Å²) in [5, 5.41) is 0.459. The first-order valence-electron chi connectivity index (χ1n) is 11.2. The monoisotopic (exact) mass is 455 g/mol. The van der Waals surface area contributed by atoms with Crippen molar-refractivity contribution in [2.45, 2.75) is 26.3 Å². The van der Waals surface area contributed by atoms with Crippen LogP contribution < -0.4 is 19.8 Å². The predicted octanol–water partition coefficient (Wildman–Crippen LogP) is 5.43. The van der Waals surface area contributed by atoms with Crippen molar-refractivity contribution in [1.29, 1.82) is 0 Å². The zero-order valence-corrected chi connectivity index (χ0v) is 19.5. The highest BCUT2D eigenvalue weighted by Crippen LogP contribution is 2.43. The van der Waals surface area contributed by atoms with Crippen LogP contribution in [0, 0.1) is 6.92 Å². The van der Waals surface area contributed by atoms with Crippen LogP contribution >= 0.6 is 0 Å². The number of hydrogen-bond acceptors (Lipinski definition) is 5. The number of benzene rings is 3. The van der Waals surface area contributed by atoms with E-state index >= 15 is 0 Å². The van der Waals surface area contributed by atoms with E-state index < -0.39 is 6.04 Å². The second-order valence-corrected chi connectivity index (χ2v) is 8.39. The van der Waals surface area contributed by atoms with Crippen molar-refractivity contribution in [3.63, 3.8) is 0 Å². The molecular weight excluding hydrogens is 430 g/mol. The Kier molecular flexibility index (Phi) is 5.36. The summed E-state index contributed by atoms with van der Waals surface area (Å²) in [4.78, 5) is 29.1. The lowest BCUT2D eigenvalue weighted by molar-refractivity contribution is 0.0971. The van der Waals surface area contributed by atoms with Crippen molar-refractivity contribution < 1.29 is 18.7 Å². The van der Waals surface area contributed by atoms with E-state index in [2.05, 4.69) is 6.92 Å². The smallest absolute Gasteiger partial charge is 0.295 e. The van der Waals surface area contributed by atoms with Gasteiger partial charge in [-0.2, -0.15) is 0 Å². The van der Waals surface area contributed by atoms with E-state index in [-0.39, 0.29) is 17.1 Å². The van der Waals surface area contributed by atoms with Gasteiger partial charge in [-0.1, -0.05) is 36.8 Å². The van der Waals surface area contributed by atoms with Crippen molar-refractivity contribution in [3.8, 4) is 11.5 Å². The van der Waals surface area contributed by atoms with Gasteiger partial charge in [0.1, 0.15) is 5.58 Å². The molecule has 0 saturated carbocycles. The second kappa shape index (κ2) is 8.37. The maximum Gasteiger partial charge on any atom is 0.295 e. The molecule has 4 aromatic rings. The highest BCUT2D eigenvalue weighted by molar-refractivity contribution is 6.10. The Morgan fingerprint density at radius 3 is 2.32 bits per heavy atom. The molecule has 1 unspecified atom stereocenters. The van der Waals surface area contributed by atoms with E-state index in [1.54, 1.807) is 43.4 Å². The average molecular weight is 456 g/mol. The van der Waals surface area contributed by atoms with E-state index in [9.17, 15) is 9.59 Å². The molecule has 3 aromatic carbocycles. The van der Waals surface area contributed by atoms with Crippen LogP contribution in [0.1, 0.15) is 45.8 Å². The SMILES string of the molecule is CCc1ccc(N2C(=O)c3oc4ccc(C)cc4c(=O)c3C2c2ccc(OC)c(OC)c2)cc1. The van der Waals surface area contributed by atoms with Crippen LogP contribution in [0.3, 0.4) is 0 Å². The first-order chi connectivity index (χ1) is 16.5. The molecule has 5 rings (SSSR count). The highest BCUT2D eigenvalue weighted by Gasteiger charge is 2.44. The molecule has 6 nitrogen and oxygen atoms in total. The van der Waals surface area contributed by atoms with Gasteiger partial charge in [-0.25, -0.2) is 0 Å². The summed E-state index contributed by atoms with van der Waals surface area (Å²) in [6.45, 7) is 4.00. The lowest BCUT2D eigenvalue weighted by Gasteiger charge is -2.26. The van der Waals surface area contributed by atoms with Gasteiger partial charge < -0.3 is 13.9 Å². The van der Waals surface area contributed by atoms with E-state index in [0.717, 1.165) is 23.1 Å². The number of amides is 1. The Morgan fingerprint density at radius 2 is 1.65 bits per heavy atom. The Bertz CT molecular complexity index is 1470. The molecule has 172 valence electrons. The molecule has 6 heteroatoms. The maximum atomic E-state index is 13.8. The lowest BCUT2D eigenvalue weighted by atomic mass is 9.97. The summed E-state index contributed by atoms with van der Waals surface area (Å²) in [5.74, 6) is 0.804. The van der Waals surface area contributed by atoms with Crippen LogP contribution in [-0.4, -0.2) is 20.1 Å². The summed E-state index contributed by atoms with van der Waals surface area (Å²) in [7, 11) is 3.12. The molecule has 34 heavy (non-hydrogen) atoms. The second-order valence-electron chi connectivity index (χ2n) is 8.39. The number of carbonyl (C=O) groups is 1. The minimum absolute atomic E-state index is 0.0701. The lowest BCUT2D eigenvalue weighted by Crippen LogP contribution is -2.29. The largest absolute Gasteiger partial charge is 0.493 e. The number of fused-ring (bicyclic) bond motifs is 2. The van der Waals surface area contributed by atoms with Gasteiger partial charge in [0, 0.05) is 5.69 Å². The third-order valence-electron chi connectivity index (χ3n) is 6.37. The van der Waals surface area contributed by atoms with Gasteiger partial charge in [-0.15, -0.1) is 0 Å². The third-order valence-corrected chi connectivity index (χ3v) is 6.37. The Hall–Kier alpha value is -4.06. The van der Waals surface area contributed by atoms with Crippen LogP contribution in [-0.2, 0) is 6.42 Å². The fourth-order valence-corrected chi connectivity index (χ4v) is 4.58. The molecule has 0 aliphatic carbocycles. The minimum atomic E-state index is -0.670. The number of methoxy groups -OCH3 is 2. The standard InChI is InChI=1S/C28H25NO5/c1-5-17-7-10-19(11-8-17)29-25(18-9-13-22(32-3)23(15-18)33-4)24-26(30)20-14-16(2)6-12-21(20)34-27(24)28(29)31/h6-15,25H,5H2,1-4H3. The summed E-state index contributed by atoms with van der Waals surface area (Å²) in [6.07, 6.45) is 0.887. The van der Waals surface area contributed by atoms with E-state index in [4.69, 9.17) is 13.9 Å². The van der Waals surface area contributed by atoms with Gasteiger partial charge in [0.2, 0.25) is 5.76 Å². The first-order valence-corrected chi connectivity index (χ1v) is 11.2. The molecule has 1 amide bonds. The molecule has 0 spiro atoms. The quantitative estimate of drug-likeness (QED) is 0.401. The van der Waals surface area contributed by atoms with Gasteiger partial charge in [0.05, 0.1) is 31.2 Å². The van der Waals surface area contributed by atoms with Crippen LogP contribution in [0.15, 0.2) is 69.9 Å². The van der Waals surface area contributed by atoms with Gasteiger partial charge in [-0.05, 0) is 60.9 Å². The van der Waals surface area contributed by atoms with Crippen LogP contribution in [0.5, 0.6) is 11.5 Å². The van der Waals surface area contributed by atoms with E-state index in [1.807, 2.05) is 43.3 Å². The van der Waals surface area contributed by atoms with Crippen LogP contribution in [0.25, 0.3) is 11.0 Å². The predicted molar refractivity (Wildman–Crippen MR) is 131 cm³/mol. The molecule has 0 saturated heterocycles. The van der Waals surface area contributed by atoms with Crippen molar-refractivity contribution >= 4 is 22.6 Å². The summed E-state index contributed by atoms with van der Waals surface area (Å²) < 4.78 is 17.0. The fourth-order valence-electron chi connectivity index (χ4n) is 4.58. The molecule has 2 heterocycles. The number of rotatable bonds is 5. The van der Waals surface area contributed by atoms with Crippen molar-refractivity contribution in [3.05, 3.63) is 98.9 Å². The number of carbonyl (C=O) groups excluding carboxylic acids is 1. The molecule has 0 bridgehead atoms. The topological polar surface area (TPSA) is 69.0 Å². The summed E-state index contributed by atoms with van der Waals surface area (Å²) in [5.41, 5.74) is 4.04. The number of hydrogen-bond donors (Lipinski definition) is 0. The van der Waals surface area contributed by atoms with Gasteiger partial charge in [-0.3, -0.25) is 14.5 Å². The Morgan fingerprint density at radius 1 is 0.912 bits per heavy atom. The average Bonchev–Trinajstić information content (AvgIpc) is 3.16. The zero-order valence-electron chi connectivity index (χ0n) is 19.5. The van der Waals surface area contributed by atoms with E-state index in [1.165, 1.54) is 0 Å². The molecule has 0 fully saturated rings. The third kappa shape index (κ3) is 3.34. The first kappa shape index (κ1) is 21.8. The molecular formula is C28H25NO5. The molecule has 1 aromatic heterocycles. The Balaban J connectivity index is 1.79. The molecule has 0 radical (unpaired) electrons. The van der Waals surface area contributed by atoms with Gasteiger partial charge in [0.15, 0.2) is 16.9 Å². The summed E-state index contributed by atoms with van der Waals surface area (Å²) >= 11 is 0. The van der Waals surface area contributed by atoms with Crippen molar-refractivity contribution in [2.75, 3.05) is 19.1 Å². The zero-order chi connectivity index (χ0) is 24.0. The molecule has 1 aliphatic heterocycles. The van der Waals surface area contributed by atoms with Crippen LogP contribution in [0.4, 0.5) is 5.69 Å². The number of aryl methyl sites for hydroxylation is 2. The van der Waals surface area contributed by atoms with Gasteiger partial charge in [0.25, 0.3) is 5.91 Å². The fraction of sp³-hybridized carbons (Fsp3) is 0.214. The maximum absolute atomic E-state index is 13.8. The molecule has 1 aliphatic rings. The van der Waals surface area contributed by atoms with Crippen molar-refractivity contribution in [2.24, 2.45) is 0 Å². The van der Waals surface area contributed by atoms with E-state index in [0.29, 0.717) is 33.7 Å². The normalized spacial score (nSPS) is 15.0. The summed E-state index contributed by atoms with van der Waals surface area (Å²) in [6, 6.07) is 18.0. The van der Waals surface area contributed by atoms with Gasteiger partial charge >= 0.3 is 0 Å². The van der Waals surface area contributed by atoms with Crippen LogP contribution in [0.2, 0.25) is 0 Å². The molecule has 0 N–H and O–H groups in total. The Labute approximate surface area is 197 Å². The number of ether oxygens (including phenoxy) is 2. The minimum Gasteiger partial charge on any atom is -0.493 e. The number of nitrogens with zero attached hydrogens (tertiary/aromatic N) is 1. The number of anilines is 1. The molecule has 1 atom stereocenters. The van der Waals surface area contributed by atoms with Crippen molar-refractivity contribution in [1.82, 2.24) is 0 Å².